The van der Waals surface area contributed by atoms with Crippen LogP contribution in [0.5, 0.6) is 0 Å². The van der Waals surface area contributed by atoms with E-state index in [1.807, 2.05) is 20.8 Å². The fourth-order valence-corrected chi connectivity index (χ4v) is 1.91. The Morgan fingerprint density at radius 2 is 1.89 bits per heavy atom. The van der Waals surface area contributed by atoms with E-state index in [4.69, 9.17) is 5.11 Å². The summed E-state index contributed by atoms with van der Waals surface area (Å²) in [4.78, 5) is 24.4. The van der Waals surface area contributed by atoms with Gasteiger partial charge in [0.05, 0.1) is 6.42 Å². The Labute approximate surface area is 116 Å². The number of nitrogens with zero attached hydrogens (tertiary/aromatic N) is 1. The van der Waals surface area contributed by atoms with Crippen LogP contribution in [0.25, 0.3) is 0 Å². The number of carboxylic acids is 1. The third-order valence-electron chi connectivity index (χ3n) is 2.80. The van der Waals surface area contributed by atoms with E-state index in [1.165, 1.54) is 0 Å². The lowest BCUT2D eigenvalue weighted by molar-refractivity contribution is -0.137. The lowest BCUT2D eigenvalue weighted by Crippen LogP contribution is -2.45. The molecule has 0 radical (unpaired) electrons. The highest BCUT2D eigenvalue weighted by Gasteiger charge is 2.23. The lowest BCUT2D eigenvalue weighted by Gasteiger charge is -2.28. The van der Waals surface area contributed by atoms with Crippen molar-refractivity contribution in [3.05, 3.63) is 0 Å². The molecule has 5 nitrogen and oxygen atoms in total. The molecule has 0 aliphatic carbocycles. The van der Waals surface area contributed by atoms with Crippen molar-refractivity contribution in [2.24, 2.45) is 5.41 Å². The third-order valence-corrected chi connectivity index (χ3v) is 2.80. The number of aliphatic carboxylic acids is 1. The Balaban J connectivity index is 4.45. The summed E-state index contributed by atoms with van der Waals surface area (Å²) >= 11 is 0. The summed E-state index contributed by atoms with van der Waals surface area (Å²) in [6.07, 6.45) is 2.59. The van der Waals surface area contributed by atoms with Crippen molar-refractivity contribution in [1.82, 2.24) is 10.2 Å². The molecule has 0 spiro atoms. The zero-order valence-electron chi connectivity index (χ0n) is 12.8. The van der Waals surface area contributed by atoms with E-state index in [2.05, 4.69) is 12.2 Å². The Kier molecular flexibility index (Phi) is 7.49. The number of unbranched alkanes of at least 4 members (excludes halogenated alkanes) is 1. The van der Waals surface area contributed by atoms with Crippen molar-refractivity contribution in [2.45, 2.75) is 59.4 Å². The molecule has 1 unspecified atom stereocenters. The summed E-state index contributed by atoms with van der Waals surface area (Å²) < 4.78 is 0. The van der Waals surface area contributed by atoms with Crippen LogP contribution >= 0.6 is 0 Å². The lowest BCUT2D eigenvalue weighted by atomic mass is 9.87. The second kappa shape index (κ2) is 8.02. The Morgan fingerprint density at radius 1 is 1.32 bits per heavy atom. The number of urea groups is 1. The van der Waals surface area contributed by atoms with Crippen LogP contribution in [0.3, 0.4) is 0 Å². The molecule has 112 valence electrons. The average molecular weight is 272 g/mol. The first-order chi connectivity index (χ1) is 8.65. The first-order valence-corrected chi connectivity index (χ1v) is 6.89. The van der Waals surface area contributed by atoms with Crippen LogP contribution in [0.2, 0.25) is 0 Å². The quantitative estimate of drug-likeness (QED) is 0.748. The molecule has 0 aromatic heterocycles. The summed E-state index contributed by atoms with van der Waals surface area (Å²) in [5.41, 5.74) is -0.0185. The minimum Gasteiger partial charge on any atom is -0.481 e. The molecule has 0 rings (SSSR count). The van der Waals surface area contributed by atoms with E-state index in [1.54, 1.807) is 11.9 Å². The monoisotopic (exact) mass is 272 g/mol. The molecule has 0 heterocycles. The Hall–Kier alpha value is -1.26. The number of hydrogen-bond acceptors (Lipinski definition) is 2. The van der Waals surface area contributed by atoms with Crippen molar-refractivity contribution < 1.29 is 14.7 Å². The molecule has 0 aliphatic rings. The molecule has 0 aromatic carbocycles. The first kappa shape index (κ1) is 17.7. The van der Waals surface area contributed by atoms with Gasteiger partial charge in [-0.2, -0.15) is 0 Å². The van der Waals surface area contributed by atoms with Crippen molar-refractivity contribution in [2.75, 3.05) is 13.6 Å². The van der Waals surface area contributed by atoms with E-state index in [0.717, 1.165) is 12.8 Å². The molecular weight excluding hydrogens is 244 g/mol. The second-order valence-corrected chi connectivity index (χ2v) is 6.28. The van der Waals surface area contributed by atoms with Gasteiger partial charge in [0.1, 0.15) is 0 Å². The van der Waals surface area contributed by atoms with Gasteiger partial charge in [-0.05, 0) is 18.3 Å². The highest BCUT2D eigenvalue weighted by atomic mass is 16.4. The Bertz CT molecular complexity index is 298. The van der Waals surface area contributed by atoms with Crippen LogP contribution in [0.1, 0.15) is 53.4 Å². The van der Waals surface area contributed by atoms with Gasteiger partial charge < -0.3 is 15.3 Å². The van der Waals surface area contributed by atoms with Crippen LogP contribution in [0, 0.1) is 5.41 Å². The SMILES string of the molecule is CCCCN(C)C(=O)NC(CC(=O)O)CC(C)(C)C. The third kappa shape index (κ3) is 9.33. The zero-order valence-corrected chi connectivity index (χ0v) is 12.8. The summed E-state index contributed by atoms with van der Waals surface area (Å²) in [5.74, 6) is -0.884. The molecule has 2 N–H and O–H groups in total. The van der Waals surface area contributed by atoms with Gasteiger partial charge in [-0.1, -0.05) is 34.1 Å². The maximum atomic E-state index is 11.9. The number of amides is 2. The minimum atomic E-state index is -0.884. The highest BCUT2D eigenvalue weighted by Crippen LogP contribution is 2.22. The zero-order chi connectivity index (χ0) is 15.1. The molecule has 0 saturated carbocycles. The number of carbonyl (C=O) groups excluding carboxylic acids is 1. The van der Waals surface area contributed by atoms with Crippen LogP contribution in [-0.4, -0.2) is 41.6 Å². The van der Waals surface area contributed by atoms with E-state index in [0.29, 0.717) is 13.0 Å². The molecule has 0 saturated heterocycles. The summed E-state index contributed by atoms with van der Waals surface area (Å²) in [5, 5.41) is 11.7. The molecule has 0 aliphatic heterocycles. The topological polar surface area (TPSA) is 69.6 Å². The van der Waals surface area contributed by atoms with Gasteiger partial charge in [-0.25, -0.2) is 4.79 Å². The van der Waals surface area contributed by atoms with Gasteiger partial charge in [0.15, 0.2) is 0 Å². The van der Waals surface area contributed by atoms with E-state index < -0.39 is 5.97 Å². The van der Waals surface area contributed by atoms with Crippen LogP contribution in [0.15, 0.2) is 0 Å². The van der Waals surface area contributed by atoms with Crippen molar-refractivity contribution in [1.29, 1.82) is 0 Å². The Morgan fingerprint density at radius 3 is 2.32 bits per heavy atom. The number of carbonyl (C=O) groups is 2. The van der Waals surface area contributed by atoms with Crippen molar-refractivity contribution in [3.8, 4) is 0 Å². The molecule has 19 heavy (non-hydrogen) atoms. The molecule has 0 bridgehead atoms. The largest absolute Gasteiger partial charge is 0.481 e. The molecule has 5 heteroatoms. The minimum absolute atomic E-state index is 0.0185. The number of nitrogens with one attached hydrogen (secondary N) is 1. The van der Waals surface area contributed by atoms with Gasteiger partial charge in [0.25, 0.3) is 0 Å². The second-order valence-electron chi connectivity index (χ2n) is 6.28. The van der Waals surface area contributed by atoms with Crippen molar-refractivity contribution in [3.63, 3.8) is 0 Å². The van der Waals surface area contributed by atoms with Gasteiger partial charge in [0.2, 0.25) is 0 Å². The first-order valence-electron chi connectivity index (χ1n) is 6.89. The van der Waals surface area contributed by atoms with Crippen LogP contribution < -0.4 is 5.32 Å². The molecule has 0 aromatic rings. The van der Waals surface area contributed by atoms with Gasteiger partial charge in [0, 0.05) is 19.6 Å². The summed E-state index contributed by atoms with van der Waals surface area (Å²) in [6.45, 7) is 8.87. The van der Waals surface area contributed by atoms with E-state index >= 15 is 0 Å². The maximum Gasteiger partial charge on any atom is 0.317 e. The van der Waals surface area contributed by atoms with Gasteiger partial charge >= 0.3 is 12.0 Å². The fraction of sp³-hybridized carbons (Fsp3) is 0.857. The molecule has 0 fully saturated rings. The van der Waals surface area contributed by atoms with Crippen LogP contribution in [0.4, 0.5) is 4.79 Å². The highest BCUT2D eigenvalue weighted by molar-refractivity contribution is 5.75. The number of carboxylic acid groups (broad SMARTS) is 1. The maximum absolute atomic E-state index is 11.9. The smallest absolute Gasteiger partial charge is 0.317 e. The number of hydrogen-bond donors (Lipinski definition) is 2. The van der Waals surface area contributed by atoms with Gasteiger partial charge in [-0.15, -0.1) is 0 Å². The standard InChI is InChI=1S/C14H28N2O3/c1-6-7-8-16(5)13(19)15-11(9-12(17)18)10-14(2,3)4/h11H,6-10H2,1-5H3,(H,15,19)(H,17,18). The normalized spacial score (nSPS) is 12.9. The van der Waals surface area contributed by atoms with E-state index in [9.17, 15) is 9.59 Å². The summed E-state index contributed by atoms with van der Waals surface area (Å²) in [7, 11) is 1.74. The van der Waals surface area contributed by atoms with Crippen molar-refractivity contribution >= 4 is 12.0 Å². The molecule has 2 amide bonds. The predicted molar refractivity (Wildman–Crippen MR) is 76.2 cm³/mol. The molecule has 1 atom stereocenters. The van der Waals surface area contributed by atoms with Gasteiger partial charge in [-0.3, -0.25) is 4.79 Å². The van der Waals surface area contributed by atoms with E-state index in [-0.39, 0.29) is 23.9 Å². The fourth-order valence-electron chi connectivity index (χ4n) is 1.91. The predicted octanol–water partition coefficient (Wildman–Crippen LogP) is 2.71. The van der Waals surface area contributed by atoms with Crippen LogP contribution in [-0.2, 0) is 4.79 Å². The summed E-state index contributed by atoms with van der Waals surface area (Å²) in [6, 6.07) is -0.516. The average Bonchev–Trinajstić information content (AvgIpc) is 2.22. The molecular formula is C14H28N2O3. The number of rotatable bonds is 7.